The highest BCUT2D eigenvalue weighted by molar-refractivity contribution is 5.76. The van der Waals surface area contributed by atoms with Crippen LogP contribution in [0.1, 0.15) is 44.6 Å². The second-order valence-corrected chi connectivity index (χ2v) is 9.52. The van der Waals surface area contributed by atoms with Crippen LogP contribution >= 0.6 is 0 Å². The highest BCUT2D eigenvalue weighted by atomic mass is 19.4. The molecule has 8 nitrogen and oxygen atoms in total. The van der Waals surface area contributed by atoms with Gasteiger partial charge in [-0.05, 0) is 63.0 Å². The number of aromatic nitrogens is 2. The number of alkyl halides is 3. The van der Waals surface area contributed by atoms with Crippen molar-refractivity contribution in [2.45, 2.75) is 45.2 Å². The second kappa shape index (κ2) is 12.4. The predicted molar refractivity (Wildman–Crippen MR) is 139 cm³/mol. The topological polar surface area (TPSA) is 76.6 Å². The fourth-order valence-electron chi connectivity index (χ4n) is 4.79. The maximum absolute atomic E-state index is 13.6. The van der Waals surface area contributed by atoms with E-state index in [0.29, 0.717) is 31.6 Å². The second-order valence-electron chi connectivity index (χ2n) is 9.52. The van der Waals surface area contributed by atoms with Gasteiger partial charge in [0.25, 0.3) is 0 Å². The average Bonchev–Trinajstić information content (AvgIpc) is 3.13. The first-order valence-electron chi connectivity index (χ1n) is 13.1. The molecule has 11 heteroatoms. The van der Waals surface area contributed by atoms with E-state index in [-0.39, 0.29) is 24.2 Å². The van der Waals surface area contributed by atoms with Gasteiger partial charge in [0, 0.05) is 63.3 Å². The molecule has 2 saturated heterocycles. The monoisotopic (exact) mass is 519 g/mol. The van der Waals surface area contributed by atoms with Crippen molar-refractivity contribution in [3.8, 4) is 0 Å². The summed E-state index contributed by atoms with van der Waals surface area (Å²) in [4.78, 5) is 26.5. The third-order valence-corrected chi connectivity index (χ3v) is 6.94. The van der Waals surface area contributed by atoms with Crippen molar-refractivity contribution in [3.63, 3.8) is 0 Å². The standard InChI is InChI=1S/C26H36F3N7O/c1-2-34-13-6-16-35(18-17-34)21-10-8-20(9-11-21)32-25-31-19-22(26(27,28)29)24(33-25)30-12-5-15-36-14-4-3-7-23(36)37/h8-11,19H,2-7,12-18H2,1H3,(H2,30,31,32,33). The molecule has 2 aliphatic rings. The molecule has 1 aromatic heterocycles. The number of nitrogens with zero attached hydrogens (tertiary/aromatic N) is 5. The molecule has 0 bridgehead atoms. The van der Waals surface area contributed by atoms with Crippen LogP contribution in [-0.4, -0.2) is 78.0 Å². The summed E-state index contributed by atoms with van der Waals surface area (Å²) in [6, 6.07) is 7.80. The number of hydrogen-bond donors (Lipinski definition) is 2. The van der Waals surface area contributed by atoms with Gasteiger partial charge in [-0.1, -0.05) is 6.92 Å². The Morgan fingerprint density at radius 1 is 1.00 bits per heavy atom. The van der Waals surface area contributed by atoms with Crippen molar-refractivity contribution in [1.29, 1.82) is 0 Å². The summed E-state index contributed by atoms with van der Waals surface area (Å²) < 4.78 is 40.7. The quantitative estimate of drug-likeness (QED) is 0.470. The van der Waals surface area contributed by atoms with Gasteiger partial charge in [0.15, 0.2) is 0 Å². The van der Waals surface area contributed by atoms with Gasteiger partial charge in [-0.25, -0.2) is 4.98 Å². The number of carbonyl (C=O) groups excluding carboxylic acids is 1. The van der Waals surface area contributed by atoms with Crippen molar-refractivity contribution in [3.05, 3.63) is 36.0 Å². The minimum absolute atomic E-state index is 0.0859. The third kappa shape index (κ3) is 7.47. The van der Waals surface area contributed by atoms with Gasteiger partial charge in [0.05, 0.1) is 0 Å². The molecule has 37 heavy (non-hydrogen) atoms. The van der Waals surface area contributed by atoms with E-state index >= 15 is 0 Å². The molecule has 0 spiro atoms. The highest BCUT2D eigenvalue weighted by Crippen LogP contribution is 2.34. The fourth-order valence-corrected chi connectivity index (χ4v) is 4.79. The lowest BCUT2D eigenvalue weighted by molar-refractivity contribution is -0.137. The highest BCUT2D eigenvalue weighted by Gasteiger charge is 2.35. The van der Waals surface area contributed by atoms with Crippen LogP contribution in [0.25, 0.3) is 0 Å². The number of carbonyl (C=O) groups is 1. The Kier molecular flexibility index (Phi) is 9.07. The fraction of sp³-hybridized carbons (Fsp3) is 0.577. The van der Waals surface area contributed by atoms with Crippen molar-refractivity contribution < 1.29 is 18.0 Å². The Labute approximate surface area is 216 Å². The molecule has 0 atom stereocenters. The zero-order valence-electron chi connectivity index (χ0n) is 21.4. The molecule has 2 fully saturated rings. The van der Waals surface area contributed by atoms with Crippen LogP contribution < -0.4 is 15.5 Å². The van der Waals surface area contributed by atoms with E-state index in [2.05, 4.69) is 37.3 Å². The summed E-state index contributed by atoms with van der Waals surface area (Å²) in [5.41, 5.74) is 0.902. The lowest BCUT2D eigenvalue weighted by Crippen LogP contribution is -2.36. The SMILES string of the molecule is CCN1CCCN(c2ccc(Nc3ncc(C(F)(F)F)c(NCCCN4CCCCC4=O)n3)cc2)CC1. The number of nitrogens with one attached hydrogen (secondary N) is 2. The number of likely N-dealkylation sites (tertiary alicyclic amines) is 1. The molecule has 4 rings (SSSR count). The smallest absolute Gasteiger partial charge is 0.370 e. The van der Waals surface area contributed by atoms with Gasteiger partial charge in [0.2, 0.25) is 11.9 Å². The van der Waals surface area contributed by atoms with Gasteiger partial charge in [-0.15, -0.1) is 0 Å². The maximum Gasteiger partial charge on any atom is 0.421 e. The first kappa shape index (κ1) is 27.0. The lowest BCUT2D eigenvalue weighted by Gasteiger charge is -2.26. The van der Waals surface area contributed by atoms with Gasteiger partial charge in [0.1, 0.15) is 11.4 Å². The largest absolute Gasteiger partial charge is 0.421 e. The van der Waals surface area contributed by atoms with E-state index in [4.69, 9.17) is 0 Å². The van der Waals surface area contributed by atoms with E-state index < -0.39 is 11.7 Å². The summed E-state index contributed by atoms with van der Waals surface area (Å²) in [6.07, 6.45) is 0.277. The van der Waals surface area contributed by atoms with Crippen LogP contribution in [0.2, 0.25) is 0 Å². The first-order valence-corrected chi connectivity index (χ1v) is 13.1. The Morgan fingerprint density at radius 3 is 2.54 bits per heavy atom. The normalized spacial score (nSPS) is 17.6. The van der Waals surface area contributed by atoms with Crippen LogP contribution in [0.5, 0.6) is 0 Å². The van der Waals surface area contributed by atoms with Crippen molar-refractivity contribution in [2.75, 3.05) is 67.9 Å². The first-order chi connectivity index (χ1) is 17.8. The zero-order chi connectivity index (χ0) is 26.3. The predicted octanol–water partition coefficient (Wildman–Crippen LogP) is 4.59. The van der Waals surface area contributed by atoms with E-state index in [9.17, 15) is 18.0 Å². The van der Waals surface area contributed by atoms with Crippen molar-refractivity contribution in [1.82, 2.24) is 19.8 Å². The number of piperidine rings is 1. The number of benzene rings is 1. The minimum Gasteiger partial charge on any atom is -0.370 e. The molecule has 0 saturated carbocycles. The number of halogens is 3. The molecule has 3 heterocycles. The summed E-state index contributed by atoms with van der Waals surface area (Å²) in [5.74, 6) is -0.0694. The van der Waals surface area contributed by atoms with Crippen LogP contribution in [-0.2, 0) is 11.0 Å². The molecule has 2 aromatic rings. The van der Waals surface area contributed by atoms with Gasteiger partial charge < -0.3 is 25.3 Å². The van der Waals surface area contributed by atoms with E-state index in [1.807, 2.05) is 24.3 Å². The summed E-state index contributed by atoms with van der Waals surface area (Å²) >= 11 is 0. The number of amides is 1. The Hall–Kier alpha value is -3.08. The lowest BCUT2D eigenvalue weighted by atomic mass is 10.1. The van der Waals surface area contributed by atoms with Gasteiger partial charge in [-0.2, -0.15) is 18.2 Å². The Balaban J connectivity index is 1.37. The Bertz CT molecular complexity index is 1030. The van der Waals surface area contributed by atoms with Crippen LogP contribution in [0.4, 0.5) is 36.3 Å². The van der Waals surface area contributed by atoms with Crippen LogP contribution in [0.15, 0.2) is 30.5 Å². The van der Waals surface area contributed by atoms with Gasteiger partial charge in [-0.3, -0.25) is 4.79 Å². The molecule has 1 aromatic carbocycles. The van der Waals surface area contributed by atoms with E-state index in [1.54, 1.807) is 4.90 Å². The molecule has 0 radical (unpaired) electrons. The molecular weight excluding hydrogens is 483 g/mol. The summed E-state index contributed by atoms with van der Waals surface area (Å²) in [5, 5.41) is 5.83. The van der Waals surface area contributed by atoms with Crippen molar-refractivity contribution >= 4 is 29.0 Å². The third-order valence-electron chi connectivity index (χ3n) is 6.94. The number of likely N-dealkylation sites (N-methyl/N-ethyl adjacent to an activating group) is 1. The average molecular weight is 520 g/mol. The number of rotatable bonds is 9. The van der Waals surface area contributed by atoms with Crippen molar-refractivity contribution in [2.24, 2.45) is 0 Å². The van der Waals surface area contributed by atoms with E-state index in [0.717, 1.165) is 63.9 Å². The minimum atomic E-state index is -4.58. The van der Waals surface area contributed by atoms with Crippen LogP contribution in [0.3, 0.4) is 0 Å². The van der Waals surface area contributed by atoms with Gasteiger partial charge >= 0.3 is 6.18 Å². The molecule has 202 valence electrons. The van der Waals surface area contributed by atoms with E-state index in [1.165, 1.54) is 0 Å². The number of hydrogen-bond acceptors (Lipinski definition) is 7. The molecule has 2 aliphatic heterocycles. The summed E-state index contributed by atoms with van der Waals surface area (Å²) in [6.45, 7) is 8.81. The zero-order valence-corrected chi connectivity index (χ0v) is 21.4. The van der Waals surface area contributed by atoms with Crippen LogP contribution in [0, 0.1) is 0 Å². The molecular formula is C26H36F3N7O. The number of anilines is 4. The molecule has 0 aliphatic carbocycles. The Morgan fingerprint density at radius 2 is 1.81 bits per heavy atom. The molecule has 2 N–H and O–H groups in total. The summed E-state index contributed by atoms with van der Waals surface area (Å²) in [7, 11) is 0. The molecule has 0 unspecified atom stereocenters. The molecule has 1 amide bonds. The maximum atomic E-state index is 13.6.